The van der Waals surface area contributed by atoms with E-state index in [2.05, 4.69) is 20.6 Å². The van der Waals surface area contributed by atoms with E-state index < -0.39 is 10.0 Å². The Labute approximate surface area is 158 Å². The first-order chi connectivity index (χ1) is 12.5. The number of nitrogens with one attached hydrogen (secondary N) is 2. The Morgan fingerprint density at radius 3 is 2.54 bits per heavy atom. The standard InChI is InChI=1S/C17H22ClN5O2S/c1-19-15-16(18)21-12-22-17(15)20-10-13-6-2-3-7-14(13)11-26(24,25)23-8-4-5-9-23/h2-3,6-7,12,19H,4-5,8-11H2,1H3,(H,20,21,22). The van der Waals surface area contributed by atoms with Gasteiger partial charge in [0.1, 0.15) is 12.0 Å². The molecule has 0 amide bonds. The Morgan fingerprint density at radius 1 is 1.15 bits per heavy atom. The van der Waals surface area contributed by atoms with E-state index in [0.29, 0.717) is 36.3 Å². The lowest BCUT2D eigenvalue weighted by molar-refractivity contribution is 0.476. The van der Waals surface area contributed by atoms with Gasteiger partial charge in [0.15, 0.2) is 11.0 Å². The van der Waals surface area contributed by atoms with Crippen LogP contribution in [0.1, 0.15) is 24.0 Å². The van der Waals surface area contributed by atoms with Crippen LogP contribution >= 0.6 is 11.6 Å². The fourth-order valence-corrected chi connectivity index (χ4v) is 4.92. The summed E-state index contributed by atoms with van der Waals surface area (Å²) in [6.07, 6.45) is 3.25. The Hall–Kier alpha value is -1.90. The lowest BCUT2D eigenvalue weighted by Gasteiger charge is -2.18. The molecule has 1 fully saturated rings. The Morgan fingerprint density at radius 2 is 1.85 bits per heavy atom. The van der Waals surface area contributed by atoms with Gasteiger partial charge in [-0.2, -0.15) is 0 Å². The molecule has 140 valence electrons. The van der Waals surface area contributed by atoms with E-state index in [4.69, 9.17) is 11.6 Å². The molecule has 1 aromatic heterocycles. The summed E-state index contributed by atoms with van der Waals surface area (Å²) >= 11 is 6.06. The minimum atomic E-state index is -3.29. The van der Waals surface area contributed by atoms with Crippen LogP contribution in [0.5, 0.6) is 0 Å². The first-order valence-electron chi connectivity index (χ1n) is 8.48. The molecule has 1 aromatic carbocycles. The minimum Gasteiger partial charge on any atom is -0.383 e. The van der Waals surface area contributed by atoms with Gasteiger partial charge in [-0.15, -0.1) is 0 Å². The molecule has 3 rings (SSSR count). The van der Waals surface area contributed by atoms with Crippen molar-refractivity contribution in [3.63, 3.8) is 0 Å². The Kier molecular flexibility index (Phi) is 5.95. The summed E-state index contributed by atoms with van der Waals surface area (Å²) in [5, 5.41) is 6.51. The average Bonchev–Trinajstić information content (AvgIpc) is 3.16. The number of hydrogen-bond acceptors (Lipinski definition) is 6. The molecule has 1 aliphatic rings. The predicted molar refractivity (Wildman–Crippen MR) is 104 cm³/mol. The smallest absolute Gasteiger partial charge is 0.218 e. The molecule has 2 N–H and O–H groups in total. The second-order valence-corrected chi connectivity index (χ2v) is 8.45. The molecule has 0 atom stereocenters. The van der Waals surface area contributed by atoms with Gasteiger partial charge in [0.25, 0.3) is 0 Å². The van der Waals surface area contributed by atoms with Crippen LogP contribution < -0.4 is 10.6 Å². The van der Waals surface area contributed by atoms with Crippen LogP contribution in [0, 0.1) is 0 Å². The Balaban J connectivity index is 1.77. The predicted octanol–water partition coefficient (Wildman–Crippen LogP) is 2.71. The van der Waals surface area contributed by atoms with Crippen LogP contribution in [0.15, 0.2) is 30.6 Å². The minimum absolute atomic E-state index is 0.00820. The molecule has 1 saturated heterocycles. The summed E-state index contributed by atoms with van der Waals surface area (Å²) in [4.78, 5) is 8.14. The third-order valence-electron chi connectivity index (χ3n) is 4.41. The van der Waals surface area contributed by atoms with Crippen molar-refractivity contribution in [3.05, 3.63) is 46.9 Å². The monoisotopic (exact) mass is 395 g/mol. The van der Waals surface area contributed by atoms with Gasteiger partial charge >= 0.3 is 0 Å². The van der Waals surface area contributed by atoms with Crippen molar-refractivity contribution < 1.29 is 8.42 Å². The van der Waals surface area contributed by atoms with Crippen molar-refractivity contribution in [2.75, 3.05) is 30.8 Å². The first kappa shape index (κ1) is 18.9. The molecule has 0 saturated carbocycles. The topological polar surface area (TPSA) is 87.2 Å². The SMILES string of the molecule is CNc1c(Cl)ncnc1NCc1ccccc1CS(=O)(=O)N1CCCC1. The molecule has 0 aliphatic carbocycles. The van der Waals surface area contributed by atoms with Gasteiger partial charge in [-0.3, -0.25) is 0 Å². The maximum atomic E-state index is 12.6. The third-order valence-corrected chi connectivity index (χ3v) is 6.53. The molecular weight excluding hydrogens is 374 g/mol. The quantitative estimate of drug-likeness (QED) is 0.701. The summed E-state index contributed by atoms with van der Waals surface area (Å²) in [5.74, 6) is 0.582. The molecule has 0 spiro atoms. The van der Waals surface area contributed by atoms with Crippen molar-refractivity contribution in [3.8, 4) is 0 Å². The number of nitrogens with zero attached hydrogens (tertiary/aromatic N) is 3. The highest BCUT2D eigenvalue weighted by atomic mass is 35.5. The molecule has 9 heteroatoms. The molecule has 2 aromatic rings. The van der Waals surface area contributed by atoms with Gasteiger partial charge in [-0.25, -0.2) is 22.7 Å². The first-order valence-corrected chi connectivity index (χ1v) is 10.5. The zero-order chi connectivity index (χ0) is 18.6. The molecule has 0 unspecified atom stereocenters. The third kappa shape index (κ3) is 4.25. The van der Waals surface area contributed by atoms with Crippen molar-refractivity contribution in [2.24, 2.45) is 0 Å². The second kappa shape index (κ2) is 8.20. The van der Waals surface area contributed by atoms with Crippen molar-refractivity contribution in [1.29, 1.82) is 0 Å². The largest absolute Gasteiger partial charge is 0.383 e. The van der Waals surface area contributed by atoms with E-state index in [1.54, 1.807) is 11.4 Å². The highest BCUT2D eigenvalue weighted by Gasteiger charge is 2.26. The zero-order valence-corrected chi connectivity index (χ0v) is 16.1. The molecule has 0 radical (unpaired) electrons. The lowest BCUT2D eigenvalue weighted by atomic mass is 10.1. The van der Waals surface area contributed by atoms with Crippen LogP contribution in [0.4, 0.5) is 11.5 Å². The van der Waals surface area contributed by atoms with Gasteiger partial charge in [-0.05, 0) is 24.0 Å². The summed E-state index contributed by atoms with van der Waals surface area (Å²) in [6, 6.07) is 7.54. The van der Waals surface area contributed by atoms with Crippen LogP contribution in [-0.2, 0) is 22.3 Å². The fraction of sp³-hybridized carbons (Fsp3) is 0.412. The number of hydrogen-bond donors (Lipinski definition) is 2. The maximum Gasteiger partial charge on any atom is 0.218 e. The second-order valence-electron chi connectivity index (χ2n) is 6.12. The number of sulfonamides is 1. The zero-order valence-electron chi connectivity index (χ0n) is 14.6. The molecule has 2 heterocycles. The fourth-order valence-electron chi connectivity index (χ4n) is 3.02. The van der Waals surface area contributed by atoms with E-state index >= 15 is 0 Å². The van der Waals surface area contributed by atoms with Crippen molar-refractivity contribution in [2.45, 2.75) is 25.1 Å². The van der Waals surface area contributed by atoms with Crippen LogP contribution in [-0.4, -0.2) is 42.8 Å². The van der Waals surface area contributed by atoms with Crippen LogP contribution in [0.25, 0.3) is 0 Å². The highest BCUT2D eigenvalue weighted by molar-refractivity contribution is 7.88. The molecule has 1 aliphatic heterocycles. The summed E-state index contributed by atoms with van der Waals surface area (Å²) in [7, 11) is -1.55. The van der Waals surface area contributed by atoms with Gasteiger partial charge < -0.3 is 10.6 Å². The number of benzene rings is 1. The van der Waals surface area contributed by atoms with E-state index in [0.717, 1.165) is 24.0 Å². The van der Waals surface area contributed by atoms with E-state index in [1.807, 2.05) is 24.3 Å². The molecule has 0 bridgehead atoms. The van der Waals surface area contributed by atoms with Gasteiger partial charge in [0, 0.05) is 26.7 Å². The molecule has 26 heavy (non-hydrogen) atoms. The molecule has 7 nitrogen and oxygen atoms in total. The maximum absolute atomic E-state index is 12.6. The normalized spacial score (nSPS) is 15.2. The van der Waals surface area contributed by atoms with Crippen LogP contribution in [0.3, 0.4) is 0 Å². The van der Waals surface area contributed by atoms with Gasteiger partial charge in [0.2, 0.25) is 10.0 Å². The van der Waals surface area contributed by atoms with Crippen molar-refractivity contribution >= 4 is 33.1 Å². The van der Waals surface area contributed by atoms with Crippen molar-refractivity contribution in [1.82, 2.24) is 14.3 Å². The Bertz CT molecular complexity index is 869. The van der Waals surface area contributed by atoms with E-state index in [-0.39, 0.29) is 5.75 Å². The number of halogens is 1. The molecular formula is C17H22ClN5O2S. The summed E-state index contributed by atoms with van der Waals surface area (Å²) in [5.41, 5.74) is 2.31. The van der Waals surface area contributed by atoms with Gasteiger partial charge in [0.05, 0.1) is 5.75 Å². The average molecular weight is 396 g/mol. The number of rotatable bonds is 7. The van der Waals surface area contributed by atoms with Gasteiger partial charge in [-0.1, -0.05) is 35.9 Å². The highest BCUT2D eigenvalue weighted by Crippen LogP contribution is 2.26. The number of anilines is 2. The summed E-state index contributed by atoms with van der Waals surface area (Å²) < 4.78 is 26.8. The van der Waals surface area contributed by atoms with Crippen LogP contribution in [0.2, 0.25) is 5.15 Å². The number of aromatic nitrogens is 2. The van der Waals surface area contributed by atoms with E-state index in [9.17, 15) is 8.42 Å². The lowest BCUT2D eigenvalue weighted by Crippen LogP contribution is -2.29. The summed E-state index contributed by atoms with van der Waals surface area (Å²) in [6.45, 7) is 1.68. The van der Waals surface area contributed by atoms with E-state index in [1.165, 1.54) is 6.33 Å².